The third-order valence-corrected chi connectivity index (χ3v) is 3.40. The second-order valence-corrected chi connectivity index (χ2v) is 4.85. The lowest BCUT2D eigenvalue weighted by molar-refractivity contribution is -0.384. The molecule has 1 fully saturated rings. The van der Waals surface area contributed by atoms with Crippen LogP contribution in [0.15, 0.2) is 6.20 Å². The minimum absolute atomic E-state index is 0.00828. The van der Waals surface area contributed by atoms with Crippen molar-refractivity contribution in [3.05, 3.63) is 16.3 Å². The standard InChI is InChI=1S/C11H19N5O2/c1-15-7-10(16(17)18)11(14-15)13-9-6-4-2-3-5-8(9)12/h7-9H,2-6,12H2,1H3,(H,13,14). The van der Waals surface area contributed by atoms with E-state index < -0.39 is 4.92 Å². The number of hydrogen-bond acceptors (Lipinski definition) is 5. The molecule has 0 aromatic carbocycles. The predicted molar refractivity (Wildman–Crippen MR) is 68.3 cm³/mol. The van der Waals surface area contributed by atoms with Crippen LogP contribution in [0.1, 0.15) is 32.1 Å². The van der Waals surface area contributed by atoms with Gasteiger partial charge in [-0.05, 0) is 12.8 Å². The van der Waals surface area contributed by atoms with Crippen LogP contribution in [0, 0.1) is 10.1 Å². The molecule has 1 heterocycles. The van der Waals surface area contributed by atoms with Crippen LogP contribution < -0.4 is 11.1 Å². The first kappa shape index (κ1) is 12.8. The molecule has 2 atom stereocenters. The molecule has 100 valence electrons. The van der Waals surface area contributed by atoms with Crippen molar-refractivity contribution in [1.29, 1.82) is 0 Å². The smallest absolute Gasteiger partial charge is 0.330 e. The number of anilines is 1. The molecule has 7 heteroatoms. The molecule has 7 nitrogen and oxygen atoms in total. The number of rotatable bonds is 3. The SMILES string of the molecule is Cn1cc([N+](=O)[O-])c(NC2CCCCCC2N)n1. The van der Waals surface area contributed by atoms with Crippen LogP contribution in [-0.2, 0) is 7.05 Å². The van der Waals surface area contributed by atoms with Gasteiger partial charge in [0.2, 0.25) is 5.82 Å². The minimum atomic E-state index is -0.419. The van der Waals surface area contributed by atoms with Gasteiger partial charge in [-0.15, -0.1) is 5.10 Å². The Morgan fingerprint density at radius 3 is 2.94 bits per heavy atom. The summed E-state index contributed by atoms with van der Waals surface area (Å²) in [6, 6.07) is 0.107. The summed E-state index contributed by atoms with van der Waals surface area (Å²) in [5, 5.41) is 18.1. The van der Waals surface area contributed by atoms with Crippen molar-refractivity contribution in [2.24, 2.45) is 12.8 Å². The number of nitrogens with zero attached hydrogens (tertiary/aromatic N) is 3. The van der Waals surface area contributed by atoms with Gasteiger partial charge in [0, 0.05) is 19.1 Å². The molecule has 0 spiro atoms. The second-order valence-electron chi connectivity index (χ2n) is 4.85. The molecule has 2 unspecified atom stereocenters. The van der Waals surface area contributed by atoms with E-state index in [9.17, 15) is 10.1 Å². The maximum absolute atomic E-state index is 10.9. The highest BCUT2D eigenvalue weighted by molar-refractivity contribution is 5.55. The average molecular weight is 253 g/mol. The fraction of sp³-hybridized carbons (Fsp3) is 0.727. The zero-order valence-electron chi connectivity index (χ0n) is 10.5. The van der Waals surface area contributed by atoms with Crippen LogP contribution in [0.5, 0.6) is 0 Å². The first-order valence-electron chi connectivity index (χ1n) is 6.28. The Morgan fingerprint density at radius 2 is 2.22 bits per heavy atom. The number of aryl methyl sites for hydroxylation is 1. The molecular weight excluding hydrogens is 234 g/mol. The molecule has 1 aromatic heterocycles. The van der Waals surface area contributed by atoms with E-state index in [4.69, 9.17) is 5.73 Å². The third-order valence-electron chi connectivity index (χ3n) is 3.40. The highest BCUT2D eigenvalue weighted by atomic mass is 16.6. The monoisotopic (exact) mass is 253 g/mol. The Kier molecular flexibility index (Phi) is 3.81. The highest BCUT2D eigenvalue weighted by Gasteiger charge is 2.25. The van der Waals surface area contributed by atoms with Gasteiger partial charge in [0.05, 0.1) is 4.92 Å². The number of nitrogens with two attached hydrogens (primary N) is 1. The Bertz CT molecular complexity index is 431. The third kappa shape index (κ3) is 2.79. The average Bonchev–Trinajstić information content (AvgIpc) is 2.56. The Labute approximate surface area is 105 Å². The van der Waals surface area contributed by atoms with Crippen molar-refractivity contribution < 1.29 is 4.92 Å². The van der Waals surface area contributed by atoms with Crippen molar-refractivity contribution in [1.82, 2.24) is 9.78 Å². The summed E-state index contributed by atoms with van der Waals surface area (Å²) in [5.74, 6) is 0.324. The number of aromatic nitrogens is 2. The normalized spacial score (nSPS) is 24.6. The van der Waals surface area contributed by atoms with Crippen LogP contribution in [0.25, 0.3) is 0 Å². The number of nitrogens with one attached hydrogen (secondary N) is 1. The zero-order valence-corrected chi connectivity index (χ0v) is 10.5. The molecule has 1 aliphatic carbocycles. The second kappa shape index (κ2) is 5.34. The summed E-state index contributed by atoms with van der Waals surface area (Å²) in [4.78, 5) is 10.5. The van der Waals surface area contributed by atoms with Gasteiger partial charge >= 0.3 is 5.69 Å². The molecule has 18 heavy (non-hydrogen) atoms. The predicted octanol–water partition coefficient (Wildman–Crippen LogP) is 1.40. The summed E-state index contributed by atoms with van der Waals surface area (Å²) in [6.07, 6.45) is 6.71. The van der Waals surface area contributed by atoms with Gasteiger partial charge in [-0.2, -0.15) is 0 Å². The molecular formula is C11H19N5O2. The zero-order chi connectivity index (χ0) is 13.1. The molecule has 0 amide bonds. The van der Waals surface area contributed by atoms with E-state index in [0.717, 1.165) is 25.7 Å². The summed E-state index contributed by atoms with van der Waals surface area (Å²) in [7, 11) is 1.67. The molecule has 0 bridgehead atoms. The molecule has 1 aromatic rings. The van der Waals surface area contributed by atoms with Crippen molar-refractivity contribution in [2.45, 2.75) is 44.2 Å². The lowest BCUT2D eigenvalue weighted by Gasteiger charge is -2.22. The summed E-state index contributed by atoms with van der Waals surface area (Å²) in [5.41, 5.74) is 6.10. The lowest BCUT2D eigenvalue weighted by Crippen LogP contribution is -2.39. The van der Waals surface area contributed by atoms with Crippen molar-refractivity contribution in [3.63, 3.8) is 0 Å². The number of hydrogen-bond donors (Lipinski definition) is 2. The van der Waals surface area contributed by atoms with E-state index >= 15 is 0 Å². The Hall–Kier alpha value is -1.63. The number of nitro groups is 1. The Morgan fingerprint density at radius 1 is 1.50 bits per heavy atom. The largest absolute Gasteiger partial charge is 0.359 e. The van der Waals surface area contributed by atoms with Crippen LogP contribution in [0.4, 0.5) is 11.5 Å². The maximum Gasteiger partial charge on any atom is 0.330 e. The molecule has 1 saturated carbocycles. The fourth-order valence-corrected chi connectivity index (χ4v) is 2.40. The summed E-state index contributed by atoms with van der Waals surface area (Å²) in [6.45, 7) is 0. The minimum Gasteiger partial charge on any atom is -0.359 e. The van der Waals surface area contributed by atoms with E-state index in [0.29, 0.717) is 5.82 Å². The first-order chi connectivity index (χ1) is 8.58. The first-order valence-corrected chi connectivity index (χ1v) is 6.28. The highest BCUT2D eigenvalue weighted by Crippen LogP contribution is 2.25. The van der Waals surface area contributed by atoms with Gasteiger partial charge < -0.3 is 11.1 Å². The summed E-state index contributed by atoms with van der Waals surface area (Å²) < 4.78 is 1.45. The van der Waals surface area contributed by atoms with E-state index in [1.165, 1.54) is 17.3 Å². The van der Waals surface area contributed by atoms with E-state index in [-0.39, 0.29) is 17.8 Å². The van der Waals surface area contributed by atoms with Gasteiger partial charge in [-0.3, -0.25) is 14.8 Å². The van der Waals surface area contributed by atoms with Crippen molar-refractivity contribution in [3.8, 4) is 0 Å². The summed E-state index contributed by atoms with van der Waals surface area (Å²) >= 11 is 0. The van der Waals surface area contributed by atoms with E-state index in [1.54, 1.807) is 7.05 Å². The van der Waals surface area contributed by atoms with E-state index in [1.807, 2.05) is 0 Å². The van der Waals surface area contributed by atoms with Crippen LogP contribution in [-0.4, -0.2) is 26.8 Å². The van der Waals surface area contributed by atoms with Gasteiger partial charge in [-0.25, -0.2) is 0 Å². The van der Waals surface area contributed by atoms with Gasteiger partial charge in [0.25, 0.3) is 0 Å². The van der Waals surface area contributed by atoms with Crippen molar-refractivity contribution >= 4 is 11.5 Å². The molecule has 0 aliphatic heterocycles. The van der Waals surface area contributed by atoms with Crippen LogP contribution in [0.2, 0.25) is 0 Å². The molecule has 1 aliphatic rings. The van der Waals surface area contributed by atoms with Crippen LogP contribution in [0.3, 0.4) is 0 Å². The molecule has 2 rings (SSSR count). The molecule has 0 saturated heterocycles. The van der Waals surface area contributed by atoms with Gasteiger partial charge in [0.1, 0.15) is 6.20 Å². The van der Waals surface area contributed by atoms with Crippen LogP contribution >= 0.6 is 0 Å². The maximum atomic E-state index is 10.9. The quantitative estimate of drug-likeness (QED) is 0.482. The van der Waals surface area contributed by atoms with Gasteiger partial charge in [0.15, 0.2) is 0 Å². The fourth-order valence-electron chi connectivity index (χ4n) is 2.40. The Balaban J connectivity index is 2.14. The van der Waals surface area contributed by atoms with Crippen molar-refractivity contribution in [2.75, 3.05) is 5.32 Å². The molecule has 3 N–H and O–H groups in total. The molecule has 0 radical (unpaired) electrons. The van der Waals surface area contributed by atoms with Gasteiger partial charge in [-0.1, -0.05) is 19.3 Å². The van der Waals surface area contributed by atoms with E-state index in [2.05, 4.69) is 10.4 Å². The topological polar surface area (TPSA) is 99.0 Å². The lowest BCUT2D eigenvalue weighted by atomic mass is 10.0.